The van der Waals surface area contributed by atoms with Crippen molar-refractivity contribution in [3.8, 4) is 11.4 Å². The Morgan fingerprint density at radius 2 is 1.81 bits per heavy atom. The molecule has 2 aromatic heterocycles. The summed E-state index contributed by atoms with van der Waals surface area (Å²) in [5, 5.41) is 11.5. The third kappa shape index (κ3) is 2.90. The predicted octanol–water partition coefficient (Wildman–Crippen LogP) is 4.83. The van der Waals surface area contributed by atoms with Crippen LogP contribution in [0.25, 0.3) is 22.3 Å². The molecule has 0 amide bonds. The number of halogens is 1. The van der Waals surface area contributed by atoms with Crippen LogP contribution in [-0.2, 0) is 0 Å². The topological polar surface area (TPSA) is 66.5 Å². The SMILES string of the molecule is Cc1cc(-c2ncc(C)c(Nc3cc4cn[nH]c4cc3C)n2)ccc1F. The van der Waals surface area contributed by atoms with Gasteiger partial charge in [-0.3, -0.25) is 5.10 Å². The summed E-state index contributed by atoms with van der Waals surface area (Å²) in [6.45, 7) is 5.72. The number of aryl methyl sites for hydroxylation is 3. The average Bonchev–Trinajstić information content (AvgIpc) is 3.06. The zero-order valence-electron chi connectivity index (χ0n) is 14.8. The predicted molar refractivity (Wildman–Crippen MR) is 101 cm³/mol. The molecule has 6 heteroatoms. The van der Waals surface area contributed by atoms with E-state index >= 15 is 0 Å². The van der Waals surface area contributed by atoms with Crippen LogP contribution in [0.4, 0.5) is 15.9 Å². The van der Waals surface area contributed by atoms with Gasteiger partial charge in [0, 0.05) is 28.4 Å². The molecule has 0 aliphatic rings. The Morgan fingerprint density at radius 1 is 0.962 bits per heavy atom. The van der Waals surface area contributed by atoms with Crippen molar-refractivity contribution in [2.45, 2.75) is 20.8 Å². The number of aromatic amines is 1. The minimum absolute atomic E-state index is 0.233. The summed E-state index contributed by atoms with van der Waals surface area (Å²) in [6.07, 6.45) is 3.56. The Bertz CT molecular complexity index is 1120. The summed E-state index contributed by atoms with van der Waals surface area (Å²) >= 11 is 0. The fraction of sp³-hybridized carbons (Fsp3) is 0.150. The van der Waals surface area contributed by atoms with Gasteiger partial charge in [-0.05, 0) is 62.2 Å². The fourth-order valence-corrected chi connectivity index (χ4v) is 2.85. The second kappa shape index (κ2) is 6.22. The maximum atomic E-state index is 13.5. The van der Waals surface area contributed by atoms with E-state index in [1.165, 1.54) is 6.07 Å². The van der Waals surface area contributed by atoms with Gasteiger partial charge in [0.05, 0.1) is 11.7 Å². The highest BCUT2D eigenvalue weighted by Gasteiger charge is 2.10. The van der Waals surface area contributed by atoms with E-state index in [9.17, 15) is 4.39 Å². The number of H-pyrrole nitrogens is 1. The first kappa shape index (κ1) is 16.2. The van der Waals surface area contributed by atoms with Crippen LogP contribution in [0, 0.1) is 26.6 Å². The highest BCUT2D eigenvalue weighted by molar-refractivity contribution is 5.84. The van der Waals surface area contributed by atoms with Crippen LogP contribution in [0.3, 0.4) is 0 Å². The summed E-state index contributed by atoms with van der Waals surface area (Å²) in [5.41, 5.74) is 5.33. The second-order valence-electron chi connectivity index (χ2n) is 6.44. The van der Waals surface area contributed by atoms with Crippen molar-refractivity contribution in [2.24, 2.45) is 0 Å². The van der Waals surface area contributed by atoms with Crippen LogP contribution in [0.15, 0.2) is 42.7 Å². The van der Waals surface area contributed by atoms with Gasteiger partial charge in [0.25, 0.3) is 0 Å². The number of anilines is 2. The lowest BCUT2D eigenvalue weighted by molar-refractivity contribution is 0.618. The molecule has 4 rings (SSSR count). The van der Waals surface area contributed by atoms with E-state index in [4.69, 9.17) is 0 Å². The van der Waals surface area contributed by atoms with Crippen LogP contribution in [0.5, 0.6) is 0 Å². The van der Waals surface area contributed by atoms with Crippen LogP contribution in [0.2, 0.25) is 0 Å². The molecule has 26 heavy (non-hydrogen) atoms. The zero-order chi connectivity index (χ0) is 18.3. The highest BCUT2D eigenvalue weighted by Crippen LogP contribution is 2.27. The number of hydrogen-bond acceptors (Lipinski definition) is 4. The minimum atomic E-state index is -0.233. The lowest BCUT2D eigenvalue weighted by atomic mass is 10.1. The maximum absolute atomic E-state index is 13.5. The number of rotatable bonds is 3. The summed E-state index contributed by atoms with van der Waals surface area (Å²) < 4.78 is 13.5. The number of nitrogens with zero attached hydrogens (tertiary/aromatic N) is 3. The van der Waals surface area contributed by atoms with Crippen molar-refractivity contribution in [3.05, 3.63) is 65.2 Å². The Balaban J connectivity index is 1.73. The summed E-state index contributed by atoms with van der Waals surface area (Å²) in [6, 6.07) is 8.98. The smallest absolute Gasteiger partial charge is 0.161 e. The minimum Gasteiger partial charge on any atom is -0.340 e. The number of fused-ring (bicyclic) bond motifs is 1. The molecule has 2 heterocycles. The zero-order valence-corrected chi connectivity index (χ0v) is 14.8. The summed E-state index contributed by atoms with van der Waals surface area (Å²) in [4.78, 5) is 9.05. The number of nitrogens with one attached hydrogen (secondary N) is 2. The molecule has 0 fully saturated rings. The molecule has 0 radical (unpaired) electrons. The van der Waals surface area contributed by atoms with Crippen LogP contribution >= 0.6 is 0 Å². The van der Waals surface area contributed by atoms with Crippen molar-refractivity contribution in [2.75, 3.05) is 5.32 Å². The summed E-state index contributed by atoms with van der Waals surface area (Å²) in [5.74, 6) is 1.05. The highest BCUT2D eigenvalue weighted by atomic mass is 19.1. The van der Waals surface area contributed by atoms with Crippen molar-refractivity contribution in [1.29, 1.82) is 0 Å². The number of hydrogen-bond donors (Lipinski definition) is 2. The van der Waals surface area contributed by atoms with Gasteiger partial charge in [-0.2, -0.15) is 5.10 Å². The van der Waals surface area contributed by atoms with E-state index in [1.54, 1.807) is 31.5 Å². The maximum Gasteiger partial charge on any atom is 0.161 e. The van der Waals surface area contributed by atoms with Gasteiger partial charge in [-0.15, -0.1) is 0 Å². The van der Waals surface area contributed by atoms with E-state index in [0.29, 0.717) is 11.4 Å². The summed E-state index contributed by atoms with van der Waals surface area (Å²) in [7, 11) is 0. The lowest BCUT2D eigenvalue weighted by Crippen LogP contribution is -2.01. The Labute approximate surface area is 150 Å². The normalized spacial score (nSPS) is 11.1. The lowest BCUT2D eigenvalue weighted by Gasteiger charge is -2.12. The average molecular weight is 347 g/mol. The quantitative estimate of drug-likeness (QED) is 0.557. The third-order valence-corrected chi connectivity index (χ3v) is 4.43. The van der Waals surface area contributed by atoms with Crippen LogP contribution < -0.4 is 5.32 Å². The van der Waals surface area contributed by atoms with Gasteiger partial charge in [0.2, 0.25) is 0 Å². The number of benzene rings is 2. The molecule has 0 saturated carbocycles. The van der Waals surface area contributed by atoms with E-state index < -0.39 is 0 Å². The van der Waals surface area contributed by atoms with E-state index in [0.717, 1.165) is 39.1 Å². The van der Waals surface area contributed by atoms with Crippen molar-refractivity contribution < 1.29 is 4.39 Å². The first-order chi connectivity index (χ1) is 12.5. The first-order valence-electron chi connectivity index (χ1n) is 8.32. The molecule has 0 unspecified atom stereocenters. The van der Waals surface area contributed by atoms with Crippen molar-refractivity contribution in [1.82, 2.24) is 20.2 Å². The van der Waals surface area contributed by atoms with Gasteiger partial charge in [-0.25, -0.2) is 14.4 Å². The Kier molecular flexibility index (Phi) is 3.88. The van der Waals surface area contributed by atoms with Crippen molar-refractivity contribution >= 4 is 22.4 Å². The van der Waals surface area contributed by atoms with Gasteiger partial charge in [0.15, 0.2) is 5.82 Å². The van der Waals surface area contributed by atoms with Gasteiger partial charge in [-0.1, -0.05) is 0 Å². The molecule has 0 spiro atoms. The van der Waals surface area contributed by atoms with Crippen LogP contribution in [-0.4, -0.2) is 20.2 Å². The molecular formula is C20H18FN5. The van der Waals surface area contributed by atoms with Crippen molar-refractivity contribution in [3.63, 3.8) is 0 Å². The molecule has 130 valence electrons. The van der Waals surface area contributed by atoms with E-state index in [1.807, 2.05) is 26.0 Å². The second-order valence-corrected chi connectivity index (χ2v) is 6.44. The molecular weight excluding hydrogens is 329 g/mol. The monoisotopic (exact) mass is 347 g/mol. The fourth-order valence-electron chi connectivity index (χ4n) is 2.85. The third-order valence-electron chi connectivity index (χ3n) is 4.43. The van der Waals surface area contributed by atoms with E-state index in [-0.39, 0.29) is 5.82 Å². The molecule has 0 saturated heterocycles. The first-order valence-corrected chi connectivity index (χ1v) is 8.32. The molecule has 0 bridgehead atoms. The largest absolute Gasteiger partial charge is 0.340 e. The molecule has 0 atom stereocenters. The van der Waals surface area contributed by atoms with E-state index in [2.05, 4.69) is 25.5 Å². The van der Waals surface area contributed by atoms with Gasteiger partial charge < -0.3 is 5.32 Å². The molecule has 2 aromatic carbocycles. The molecule has 4 aromatic rings. The Hall–Kier alpha value is -3.28. The molecule has 5 nitrogen and oxygen atoms in total. The van der Waals surface area contributed by atoms with Gasteiger partial charge in [0.1, 0.15) is 11.6 Å². The standard InChI is InChI=1S/C20H18FN5/c1-11-6-14(4-5-16(11)21)20-22-9-13(3)19(25-20)24-17-8-15-10-23-26-18(15)7-12(17)2/h4-10H,1-3H3,(H,23,26)(H,22,24,25). The van der Waals surface area contributed by atoms with Gasteiger partial charge >= 0.3 is 0 Å². The molecule has 0 aliphatic carbocycles. The van der Waals surface area contributed by atoms with Crippen LogP contribution in [0.1, 0.15) is 16.7 Å². The molecule has 2 N–H and O–H groups in total. The molecule has 0 aliphatic heterocycles. The number of aromatic nitrogens is 4. The Morgan fingerprint density at radius 3 is 2.62 bits per heavy atom.